The smallest absolute Gasteiger partial charge is 0.325 e. The van der Waals surface area contributed by atoms with Gasteiger partial charge in [-0.15, -0.1) is 0 Å². The number of ether oxygens (including phenoxy) is 1. The van der Waals surface area contributed by atoms with E-state index in [0.717, 1.165) is 19.6 Å². The maximum Gasteiger partial charge on any atom is 0.325 e. The Bertz CT molecular complexity index is 346. The molecular weight excluding hydrogens is 254 g/mol. The second kappa shape index (κ2) is 6.41. The molecule has 2 rings (SSSR count). The Morgan fingerprint density at radius 3 is 2.85 bits per heavy atom. The summed E-state index contributed by atoms with van der Waals surface area (Å²) in [5.74, 6) is -0.319. The first kappa shape index (κ1) is 15.7. The van der Waals surface area contributed by atoms with Gasteiger partial charge in [-0.3, -0.25) is 14.6 Å². The van der Waals surface area contributed by atoms with Gasteiger partial charge in [0.2, 0.25) is 0 Å². The average molecular weight is 283 g/mol. The van der Waals surface area contributed by atoms with E-state index in [1.54, 1.807) is 6.92 Å². The van der Waals surface area contributed by atoms with Gasteiger partial charge in [0.25, 0.3) is 0 Å². The molecule has 0 aromatic rings. The summed E-state index contributed by atoms with van der Waals surface area (Å²) in [7, 11) is 1.40. The van der Waals surface area contributed by atoms with Crippen molar-refractivity contribution in [2.24, 2.45) is 5.73 Å². The van der Waals surface area contributed by atoms with Crippen LogP contribution in [0.15, 0.2) is 0 Å². The van der Waals surface area contributed by atoms with Gasteiger partial charge in [0.05, 0.1) is 7.11 Å². The summed E-state index contributed by atoms with van der Waals surface area (Å²) in [6, 6.07) is 1.01. The highest BCUT2D eigenvalue weighted by Gasteiger charge is 2.36. The molecule has 0 saturated carbocycles. The predicted octanol–water partition coefficient (Wildman–Crippen LogP) is 0.826. The molecule has 116 valence electrons. The van der Waals surface area contributed by atoms with Crippen LogP contribution in [0.3, 0.4) is 0 Å². The molecule has 2 saturated heterocycles. The molecule has 0 radical (unpaired) electrons. The summed E-state index contributed by atoms with van der Waals surface area (Å²) in [5, 5.41) is 0. The number of hydrogen-bond donors (Lipinski definition) is 1. The number of piperazine rings is 1. The Kier molecular flexibility index (Phi) is 5.04. The lowest BCUT2D eigenvalue weighted by Crippen LogP contribution is -2.58. The minimum atomic E-state index is -0.891. The van der Waals surface area contributed by atoms with Crippen molar-refractivity contribution in [1.82, 2.24) is 9.80 Å². The number of carbonyl (C=O) groups excluding carboxylic acids is 1. The number of carbonyl (C=O) groups is 1. The summed E-state index contributed by atoms with van der Waals surface area (Å²) in [6.45, 7) is 8.53. The fourth-order valence-electron chi connectivity index (χ4n) is 3.64. The van der Waals surface area contributed by atoms with Crippen LogP contribution in [0.5, 0.6) is 0 Å². The molecule has 0 bridgehead atoms. The predicted molar refractivity (Wildman–Crippen MR) is 79.5 cm³/mol. The Hall–Kier alpha value is -0.650. The molecule has 5 heteroatoms. The lowest BCUT2D eigenvalue weighted by molar-refractivity contribution is -0.147. The number of nitrogens with zero attached hydrogens (tertiary/aromatic N) is 2. The van der Waals surface area contributed by atoms with Crippen LogP contribution in [-0.4, -0.2) is 66.7 Å². The van der Waals surface area contributed by atoms with Crippen molar-refractivity contribution in [2.75, 3.05) is 33.3 Å². The van der Waals surface area contributed by atoms with Crippen LogP contribution < -0.4 is 5.73 Å². The van der Waals surface area contributed by atoms with Gasteiger partial charge in [-0.05, 0) is 39.7 Å². The first-order valence-electron chi connectivity index (χ1n) is 7.79. The van der Waals surface area contributed by atoms with Crippen LogP contribution in [0.4, 0.5) is 0 Å². The molecule has 3 unspecified atom stereocenters. The Labute approximate surface area is 122 Å². The third kappa shape index (κ3) is 3.51. The highest BCUT2D eigenvalue weighted by Crippen LogP contribution is 2.24. The van der Waals surface area contributed by atoms with Crippen molar-refractivity contribution < 1.29 is 9.53 Å². The summed E-state index contributed by atoms with van der Waals surface area (Å²) < 4.78 is 4.80. The zero-order valence-corrected chi connectivity index (χ0v) is 13.1. The van der Waals surface area contributed by atoms with Crippen molar-refractivity contribution in [2.45, 2.75) is 57.2 Å². The fourth-order valence-corrected chi connectivity index (χ4v) is 3.64. The maximum absolute atomic E-state index is 11.7. The number of piperidine rings is 1. The third-order valence-corrected chi connectivity index (χ3v) is 4.86. The van der Waals surface area contributed by atoms with Crippen molar-refractivity contribution in [1.29, 1.82) is 0 Å². The first-order chi connectivity index (χ1) is 9.44. The molecule has 3 atom stereocenters. The highest BCUT2D eigenvalue weighted by atomic mass is 16.5. The monoisotopic (exact) mass is 283 g/mol. The van der Waals surface area contributed by atoms with E-state index in [2.05, 4.69) is 16.7 Å². The first-order valence-corrected chi connectivity index (χ1v) is 7.79. The van der Waals surface area contributed by atoms with Gasteiger partial charge >= 0.3 is 5.97 Å². The second-order valence-corrected chi connectivity index (χ2v) is 6.64. The molecule has 0 spiro atoms. The van der Waals surface area contributed by atoms with Crippen LogP contribution in [0, 0.1) is 0 Å². The molecule has 0 amide bonds. The maximum atomic E-state index is 11.7. The highest BCUT2D eigenvalue weighted by molar-refractivity contribution is 5.79. The van der Waals surface area contributed by atoms with E-state index in [4.69, 9.17) is 10.5 Å². The summed E-state index contributed by atoms with van der Waals surface area (Å²) in [6.07, 6.45) is 4.64. The topological polar surface area (TPSA) is 58.8 Å². The third-order valence-electron chi connectivity index (χ3n) is 4.86. The molecule has 2 fully saturated rings. The molecule has 2 aliphatic heterocycles. The summed E-state index contributed by atoms with van der Waals surface area (Å²) >= 11 is 0. The molecular formula is C15H29N3O2. The van der Waals surface area contributed by atoms with E-state index in [1.807, 2.05) is 0 Å². The molecule has 0 aliphatic carbocycles. The van der Waals surface area contributed by atoms with Crippen molar-refractivity contribution in [3.05, 3.63) is 0 Å². The normalized spacial score (nSPS) is 29.3. The van der Waals surface area contributed by atoms with Crippen LogP contribution in [0.25, 0.3) is 0 Å². The Morgan fingerprint density at radius 2 is 2.15 bits per heavy atom. The quantitative estimate of drug-likeness (QED) is 0.774. The van der Waals surface area contributed by atoms with Crippen LogP contribution >= 0.6 is 0 Å². The van der Waals surface area contributed by atoms with Crippen molar-refractivity contribution in [3.63, 3.8) is 0 Å². The minimum absolute atomic E-state index is 0.313. The van der Waals surface area contributed by atoms with E-state index in [1.165, 1.54) is 32.9 Å². The number of methoxy groups -OCH3 is 1. The number of hydrogen-bond acceptors (Lipinski definition) is 5. The molecule has 2 N–H and O–H groups in total. The molecule has 2 aliphatic rings. The SMILES string of the molecule is COC(=O)C(C)(N)CC(C)N1CCN2CCCCC2C1. The van der Waals surface area contributed by atoms with Gasteiger partial charge < -0.3 is 10.5 Å². The van der Waals surface area contributed by atoms with Crippen LogP contribution in [0.1, 0.15) is 39.5 Å². The lowest BCUT2D eigenvalue weighted by atomic mass is 9.92. The second-order valence-electron chi connectivity index (χ2n) is 6.64. The largest absolute Gasteiger partial charge is 0.468 e. The average Bonchev–Trinajstić information content (AvgIpc) is 2.45. The van der Waals surface area contributed by atoms with Gasteiger partial charge in [-0.2, -0.15) is 0 Å². The van der Waals surface area contributed by atoms with E-state index >= 15 is 0 Å². The van der Waals surface area contributed by atoms with E-state index in [9.17, 15) is 4.79 Å². The molecule has 20 heavy (non-hydrogen) atoms. The van der Waals surface area contributed by atoms with Gasteiger partial charge in [0, 0.05) is 31.7 Å². The molecule has 0 aromatic heterocycles. The van der Waals surface area contributed by atoms with Gasteiger partial charge in [-0.25, -0.2) is 0 Å². The molecule has 2 heterocycles. The molecule has 5 nitrogen and oxygen atoms in total. The van der Waals surface area contributed by atoms with Gasteiger partial charge in [0.15, 0.2) is 0 Å². The Balaban J connectivity index is 1.89. The standard InChI is InChI=1S/C15H29N3O2/c1-12(10-15(2,16)14(19)20-3)18-9-8-17-7-5-4-6-13(17)11-18/h12-13H,4-11,16H2,1-3H3. The fraction of sp³-hybridized carbons (Fsp3) is 0.933. The zero-order valence-electron chi connectivity index (χ0n) is 13.1. The minimum Gasteiger partial charge on any atom is -0.468 e. The van der Waals surface area contributed by atoms with E-state index in [0.29, 0.717) is 18.5 Å². The van der Waals surface area contributed by atoms with Crippen LogP contribution in [-0.2, 0) is 9.53 Å². The summed E-state index contributed by atoms with van der Waals surface area (Å²) in [4.78, 5) is 16.8. The van der Waals surface area contributed by atoms with Gasteiger partial charge in [0.1, 0.15) is 5.54 Å². The molecule has 0 aromatic carbocycles. The van der Waals surface area contributed by atoms with Crippen LogP contribution in [0.2, 0.25) is 0 Å². The number of esters is 1. The Morgan fingerprint density at radius 1 is 1.40 bits per heavy atom. The van der Waals surface area contributed by atoms with Crippen molar-refractivity contribution in [3.8, 4) is 0 Å². The van der Waals surface area contributed by atoms with Gasteiger partial charge in [-0.1, -0.05) is 6.42 Å². The zero-order chi connectivity index (χ0) is 14.8. The van der Waals surface area contributed by atoms with E-state index in [-0.39, 0.29) is 5.97 Å². The number of rotatable bonds is 4. The number of fused-ring (bicyclic) bond motifs is 1. The number of nitrogens with two attached hydrogens (primary N) is 1. The van der Waals surface area contributed by atoms with Crippen molar-refractivity contribution >= 4 is 5.97 Å². The summed E-state index contributed by atoms with van der Waals surface area (Å²) in [5.41, 5.74) is 5.21. The van der Waals surface area contributed by atoms with E-state index < -0.39 is 5.54 Å². The lowest BCUT2D eigenvalue weighted by Gasteiger charge is -2.46.